The molecule has 0 aliphatic heterocycles. The highest BCUT2D eigenvalue weighted by Crippen LogP contribution is 2.42. The number of nitrogens with two attached hydrogens (primary N) is 1. The molecular formula is C18H25N3. The first-order valence-corrected chi connectivity index (χ1v) is 7.94. The normalized spacial score (nSPS) is 18.5. The van der Waals surface area contributed by atoms with Gasteiger partial charge < -0.3 is 5.73 Å². The van der Waals surface area contributed by atoms with E-state index in [1.165, 1.54) is 24.1 Å². The second-order valence-electron chi connectivity index (χ2n) is 6.90. The van der Waals surface area contributed by atoms with Crippen molar-refractivity contribution < 1.29 is 0 Å². The summed E-state index contributed by atoms with van der Waals surface area (Å²) in [6.07, 6.45) is 4.67. The first kappa shape index (κ1) is 14.2. The van der Waals surface area contributed by atoms with Gasteiger partial charge in [-0.25, -0.2) is 0 Å². The van der Waals surface area contributed by atoms with E-state index in [1.54, 1.807) is 0 Å². The van der Waals surface area contributed by atoms with Gasteiger partial charge in [-0.15, -0.1) is 0 Å². The first-order valence-electron chi connectivity index (χ1n) is 7.94. The zero-order valence-electron chi connectivity index (χ0n) is 13.2. The number of anilines is 1. The van der Waals surface area contributed by atoms with Crippen LogP contribution in [0.3, 0.4) is 0 Å². The fourth-order valence-electron chi connectivity index (χ4n) is 3.39. The molecular weight excluding hydrogens is 258 g/mol. The summed E-state index contributed by atoms with van der Waals surface area (Å²) in [5, 5.41) is 7.80. The van der Waals surface area contributed by atoms with Crippen molar-refractivity contribution in [3.8, 4) is 11.3 Å². The van der Waals surface area contributed by atoms with Gasteiger partial charge in [-0.1, -0.05) is 45.4 Å². The van der Waals surface area contributed by atoms with Crippen molar-refractivity contribution in [2.75, 3.05) is 5.73 Å². The molecule has 0 fully saturated rings. The predicted octanol–water partition coefficient (Wildman–Crippen LogP) is 4.20. The van der Waals surface area contributed by atoms with E-state index in [1.807, 2.05) is 18.2 Å². The van der Waals surface area contributed by atoms with Crippen molar-refractivity contribution in [2.45, 2.75) is 46.5 Å². The quantitative estimate of drug-likeness (QED) is 0.829. The number of fused-ring (bicyclic) bond motifs is 1. The van der Waals surface area contributed by atoms with E-state index in [2.05, 4.69) is 37.0 Å². The van der Waals surface area contributed by atoms with Crippen molar-refractivity contribution in [1.29, 1.82) is 0 Å². The van der Waals surface area contributed by atoms with E-state index in [0.717, 1.165) is 35.7 Å². The number of nitrogen functional groups attached to an aromatic ring is 1. The van der Waals surface area contributed by atoms with Gasteiger partial charge in [0.25, 0.3) is 0 Å². The van der Waals surface area contributed by atoms with Crippen molar-refractivity contribution in [1.82, 2.24) is 10.2 Å². The van der Waals surface area contributed by atoms with Crippen LogP contribution in [0.2, 0.25) is 0 Å². The fraction of sp³-hybridized carbons (Fsp3) is 0.500. The number of hydrogen-bond acceptors (Lipinski definition) is 2. The number of rotatable bonds is 3. The lowest BCUT2D eigenvalue weighted by molar-refractivity contribution is 0.182. The number of aromatic nitrogens is 2. The summed E-state index contributed by atoms with van der Waals surface area (Å²) < 4.78 is 0. The van der Waals surface area contributed by atoms with E-state index in [-0.39, 0.29) is 0 Å². The third-order valence-electron chi connectivity index (χ3n) is 5.38. The minimum absolute atomic E-state index is 0.383. The van der Waals surface area contributed by atoms with Gasteiger partial charge in [0.15, 0.2) is 0 Å². The molecule has 0 saturated heterocycles. The maximum Gasteiger partial charge on any atom is 0.0976 e. The molecule has 112 valence electrons. The summed E-state index contributed by atoms with van der Waals surface area (Å²) in [5.74, 6) is 0.719. The van der Waals surface area contributed by atoms with Crippen LogP contribution < -0.4 is 5.73 Å². The standard InChI is InChI=1S/C18H25N3/c1-4-18(2,3)12-9-10-16-14(11-12)17(21-20-16)13-7-5-6-8-15(13)19/h5-8,12H,4,9-11,19H2,1-3H3,(H,20,21). The van der Waals surface area contributed by atoms with E-state index in [9.17, 15) is 0 Å². The number of H-pyrrole nitrogens is 1. The molecule has 3 rings (SSSR count). The zero-order valence-corrected chi connectivity index (χ0v) is 13.2. The summed E-state index contributed by atoms with van der Waals surface area (Å²) in [6, 6.07) is 8.02. The molecule has 1 unspecified atom stereocenters. The highest BCUT2D eigenvalue weighted by Gasteiger charge is 2.33. The second kappa shape index (κ2) is 5.21. The van der Waals surface area contributed by atoms with Crippen molar-refractivity contribution in [2.24, 2.45) is 11.3 Å². The van der Waals surface area contributed by atoms with Gasteiger partial charge in [-0.05, 0) is 36.7 Å². The molecule has 1 aromatic heterocycles. The summed E-state index contributed by atoms with van der Waals surface area (Å²) in [7, 11) is 0. The van der Waals surface area contributed by atoms with Crippen LogP contribution in [0, 0.1) is 11.3 Å². The third kappa shape index (κ3) is 2.45. The zero-order chi connectivity index (χ0) is 15.0. The maximum atomic E-state index is 6.14. The van der Waals surface area contributed by atoms with Crippen molar-refractivity contribution in [3.63, 3.8) is 0 Å². The Labute approximate surface area is 127 Å². The van der Waals surface area contributed by atoms with E-state index < -0.39 is 0 Å². The number of benzene rings is 1. The molecule has 0 saturated carbocycles. The molecule has 1 aromatic carbocycles. The van der Waals surface area contributed by atoms with E-state index >= 15 is 0 Å². The Morgan fingerprint density at radius 1 is 1.33 bits per heavy atom. The van der Waals surface area contributed by atoms with Crippen LogP contribution in [-0.4, -0.2) is 10.2 Å². The molecule has 0 bridgehead atoms. The summed E-state index contributed by atoms with van der Waals surface area (Å²) in [5.41, 5.74) is 12.1. The molecule has 2 aromatic rings. The average molecular weight is 283 g/mol. The number of nitrogens with zero attached hydrogens (tertiary/aromatic N) is 1. The summed E-state index contributed by atoms with van der Waals surface area (Å²) in [4.78, 5) is 0. The Morgan fingerprint density at radius 2 is 2.10 bits per heavy atom. The Balaban J connectivity index is 1.99. The number of hydrogen-bond donors (Lipinski definition) is 2. The Hall–Kier alpha value is -1.77. The summed E-state index contributed by atoms with van der Waals surface area (Å²) >= 11 is 0. The number of para-hydroxylation sites is 1. The van der Waals surface area contributed by atoms with Crippen LogP contribution in [-0.2, 0) is 12.8 Å². The molecule has 3 N–H and O–H groups in total. The van der Waals surface area contributed by atoms with Gasteiger partial charge >= 0.3 is 0 Å². The average Bonchev–Trinajstić information content (AvgIpc) is 2.90. The minimum Gasteiger partial charge on any atom is -0.398 e. The second-order valence-corrected chi connectivity index (χ2v) is 6.90. The van der Waals surface area contributed by atoms with Crippen LogP contribution in [0.1, 0.15) is 44.9 Å². The molecule has 0 amide bonds. The third-order valence-corrected chi connectivity index (χ3v) is 5.38. The van der Waals surface area contributed by atoms with E-state index in [4.69, 9.17) is 5.73 Å². The number of aromatic amines is 1. The van der Waals surface area contributed by atoms with Gasteiger partial charge in [-0.2, -0.15) is 5.10 Å². The molecule has 0 spiro atoms. The lowest BCUT2D eigenvalue weighted by Gasteiger charge is -2.36. The SMILES string of the molecule is CCC(C)(C)C1CCc2[nH]nc(-c3ccccc3N)c2C1. The molecule has 1 heterocycles. The highest BCUT2D eigenvalue weighted by atomic mass is 15.1. The fourth-order valence-corrected chi connectivity index (χ4v) is 3.39. The minimum atomic E-state index is 0.383. The first-order chi connectivity index (χ1) is 10.0. The van der Waals surface area contributed by atoms with Gasteiger partial charge in [-0.3, -0.25) is 5.10 Å². The van der Waals surface area contributed by atoms with Gasteiger partial charge in [0.05, 0.1) is 5.69 Å². The van der Waals surface area contributed by atoms with Gasteiger partial charge in [0.2, 0.25) is 0 Å². The lowest BCUT2D eigenvalue weighted by Crippen LogP contribution is -2.28. The predicted molar refractivity (Wildman–Crippen MR) is 88.0 cm³/mol. The topological polar surface area (TPSA) is 54.7 Å². The summed E-state index contributed by atoms with van der Waals surface area (Å²) in [6.45, 7) is 7.07. The van der Waals surface area contributed by atoms with Gasteiger partial charge in [0.1, 0.15) is 0 Å². The van der Waals surface area contributed by atoms with Crippen molar-refractivity contribution >= 4 is 5.69 Å². The monoisotopic (exact) mass is 283 g/mol. The number of nitrogens with one attached hydrogen (secondary N) is 1. The molecule has 1 atom stereocenters. The Morgan fingerprint density at radius 3 is 2.81 bits per heavy atom. The highest BCUT2D eigenvalue weighted by molar-refractivity contribution is 5.76. The Bertz CT molecular complexity index is 640. The molecule has 21 heavy (non-hydrogen) atoms. The molecule has 3 heteroatoms. The van der Waals surface area contributed by atoms with E-state index in [0.29, 0.717) is 5.41 Å². The van der Waals surface area contributed by atoms with Crippen LogP contribution in [0.15, 0.2) is 24.3 Å². The van der Waals surface area contributed by atoms with Crippen LogP contribution >= 0.6 is 0 Å². The maximum absolute atomic E-state index is 6.14. The molecule has 1 aliphatic carbocycles. The molecule has 0 radical (unpaired) electrons. The largest absolute Gasteiger partial charge is 0.398 e. The van der Waals surface area contributed by atoms with Crippen LogP contribution in [0.25, 0.3) is 11.3 Å². The van der Waals surface area contributed by atoms with Crippen molar-refractivity contribution in [3.05, 3.63) is 35.5 Å². The lowest BCUT2D eigenvalue weighted by atomic mass is 9.69. The van der Waals surface area contributed by atoms with Crippen LogP contribution in [0.5, 0.6) is 0 Å². The Kier molecular flexibility index (Phi) is 3.52. The van der Waals surface area contributed by atoms with Crippen LogP contribution in [0.4, 0.5) is 5.69 Å². The molecule has 1 aliphatic rings. The van der Waals surface area contributed by atoms with Gasteiger partial charge in [0, 0.05) is 22.5 Å². The molecule has 3 nitrogen and oxygen atoms in total. The smallest absolute Gasteiger partial charge is 0.0976 e. The number of aryl methyl sites for hydroxylation is 1.